The molecule has 0 spiro atoms. The Hall–Kier alpha value is -2.07. The van der Waals surface area contributed by atoms with Crippen molar-refractivity contribution < 1.29 is 22.7 Å². The van der Waals surface area contributed by atoms with Crippen molar-refractivity contribution in [3.8, 4) is 5.75 Å². The Bertz CT molecular complexity index is 1290. The highest BCUT2D eigenvalue weighted by Gasteiger charge is 2.30. The first-order valence-corrected chi connectivity index (χ1v) is 15.4. The number of hydrogen-bond donors (Lipinski definition) is 0. The topological polar surface area (TPSA) is 72.9 Å². The molecule has 0 aliphatic carbocycles. The number of thiophene rings is 1. The fourth-order valence-corrected chi connectivity index (χ4v) is 8.71. The number of fused-ring (bicyclic) bond motifs is 1. The fraction of sp³-hybridized carbons (Fsp3) is 0.444. The lowest BCUT2D eigenvalue weighted by molar-refractivity contribution is -0.145. The van der Waals surface area contributed by atoms with Crippen molar-refractivity contribution in [2.45, 2.75) is 61.8 Å². The summed E-state index contributed by atoms with van der Waals surface area (Å²) in [5, 5.41) is 1.09. The van der Waals surface area contributed by atoms with Crippen LogP contribution in [0.2, 0.25) is 0 Å². The summed E-state index contributed by atoms with van der Waals surface area (Å²) in [6, 6.07) is 13.7. The van der Waals surface area contributed by atoms with Crippen LogP contribution in [0, 0.1) is 13.8 Å². The molecule has 0 amide bonds. The van der Waals surface area contributed by atoms with Crippen LogP contribution in [0.4, 0.5) is 0 Å². The van der Waals surface area contributed by atoms with Crippen LogP contribution in [-0.2, 0) is 19.6 Å². The summed E-state index contributed by atoms with van der Waals surface area (Å²) in [6.45, 7) is 10.8. The van der Waals surface area contributed by atoms with E-state index in [0.29, 0.717) is 29.7 Å². The van der Waals surface area contributed by atoms with E-state index in [4.69, 9.17) is 9.47 Å². The van der Waals surface area contributed by atoms with Gasteiger partial charge in [-0.3, -0.25) is 0 Å². The SMILES string of the molecule is CCCN(C[C@@H](CC)Sc1ccc(OCC(=O)OCC)c(C)c1)S(=O)(=O)c1sc2ccccc2c1C. The molecule has 0 aliphatic heterocycles. The van der Waals surface area contributed by atoms with Gasteiger partial charge in [0.25, 0.3) is 10.0 Å². The molecule has 0 aliphatic rings. The standard InChI is InChI=1S/C27H35NO5S3/c1-6-15-28(36(30,31)27-20(5)23-11-9-10-12-25(23)35-27)17-21(7-2)34-22-13-14-24(19(4)16-22)33-18-26(29)32-8-3/h9-14,16,21H,6-8,15,17-18H2,1-5H3/t21-/m1/s1. The zero-order chi connectivity index (χ0) is 26.3. The molecule has 0 bridgehead atoms. The second-order valence-electron chi connectivity index (χ2n) is 8.54. The average Bonchev–Trinajstić information content (AvgIpc) is 3.20. The van der Waals surface area contributed by atoms with Gasteiger partial charge in [-0.2, -0.15) is 4.31 Å². The third-order valence-electron chi connectivity index (χ3n) is 5.81. The van der Waals surface area contributed by atoms with Crippen molar-refractivity contribution in [2.24, 2.45) is 0 Å². The minimum Gasteiger partial charge on any atom is -0.482 e. The molecule has 0 unspecified atom stereocenters. The monoisotopic (exact) mass is 549 g/mol. The summed E-state index contributed by atoms with van der Waals surface area (Å²) in [7, 11) is -3.61. The van der Waals surface area contributed by atoms with E-state index in [-0.39, 0.29) is 11.9 Å². The highest BCUT2D eigenvalue weighted by Crippen LogP contribution is 2.37. The van der Waals surface area contributed by atoms with Gasteiger partial charge >= 0.3 is 5.97 Å². The Morgan fingerprint density at radius 2 is 1.86 bits per heavy atom. The number of carbonyl (C=O) groups excluding carboxylic acids is 1. The Morgan fingerprint density at radius 1 is 1.11 bits per heavy atom. The smallest absolute Gasteiger partial charge is 0.344 e. The molecular weight excluding hydrogens is 515 g/mol. The Balaban J connectivity index is 1.76. The highest BCUT2D eigenvalue weighted by molar-refractivity contribution is 8.00. The summed E-state index contributed by atoms with van der Waals surface area (Å²) in [4.78, 5) is 12.6. The van der Waals surface area contributed by atoms with E-state index in [2.05, 4.69) is 6.92 Å². The molecule has 3 rings (SSSR count). The van der Waals surface area contributed by atoms with Gasteiger partial charge in [0.05, 0.1) is 6.61 Å². The van der Waals surface area contributed by atoms with E-state index in [1.165, 1.54) is 11.3 Å². The molecule has 196 valence electrons. The third-order valence-corrected chi connectivity index (χ3v) is 10.9. The lowest BCUT2D eigenvalue weighted by Gasteiger charge is -2.26. The Labute approximate surface area is 223 Å². The van der Waals surface area contributed by atoms with Crippen molar-refractivity contribution in [3.05, 3.63) is 53.6 Å². The van der Waals surface area contributed by atoms with Crippen LogP contribution in [0.25, 0.3) is 10.1 Å². The normalized spacial score (nSPS) is 12.7. The number of thioether (sulfide) groups is 1. The van der Waals surface area contributed by atoms with E-state index in [1.54, 1.807) is 23.0 Å². The van der Waals surface area contributed by atoms with Crippen molar-refractivity contribution in [1.82, 2.24) is 4.31 Å². The molecule has 1 aromatic heterocycles. The first kappa shape index (κ1) is 28.5. The van der Waals surface area contributed by atoms with Crippen LogP contribution in [0.3, 0.4) is 0 Å². The molecule has 36 heavy (non-hydrogen) atoms. The molecule has 9 heteroatoms. The average molecular weight is 550 g/mol. The van der Waals surface area contributed by atoms with Crippen LogP contribution in [0.1, 0.15) is 44.7 Å². The van der Waals surface area contributed by atoms with Gasteiger partial charge < -0.3 is 9.47 Å². The first-order chi connectivity index (χ1) is 17.2. The van der Waals surface area contributed by atoms with Gasteiger partial charge in [-0.15, -0.1) is 23.1 Å². The fourth-order valence-electron chi connectivity index (χ4n) is 3.94. The van der Waals surface area contributed by atoms with Crippen LogP contribution < -0.4 is 4.74 Å². The number of ether oxygens (including phenoxy) is 2. The van der Waals surface area contributed by atoms with Crippen molar-refractivity contribution in [2.75, 3.05) is 26.3 Å². The number of carbonyl (C=O) groups is 1. The molecule has 2 aromatic carbocycles. The van der Waals surface area contributed by atoms with Crippen molar-refractivity contribution in [3.63, 3.8) is 0 Å². The van der Waals surface area contributed by atoms with E-state index in [0.717, 1.165) is 39.0 Å². The summed E-state index contributed by atoms with van der Waals surface area (Å²) < 4.78 is 41.1. The maximum absolute atomic E-state index is 13.8. The highest BCUT2D eigenvalue weighted by atomic mass is 32.2. The molecule has 0 saturated heterocycles. The summed E-state index contributed by atoms with van der Waals surface area (Å²) in [5.41, 5.74) is 1.74. The van der Waals surface area contributed by atoms with Gasteiger partial charge in [-0.25, -0.2) is 13.2 Å². The van der Waals surface area contributed by atoms with E-state index >= 15 is 0 Å². The molecule has 6 nitrogen and oxygen atoms in total. The third kappa shape index (κ3) is 6.82. The summed E-state index contributed by atoms with van der Waals surface area (Å²) >= 11 is 3.02. The molecule has 0 N–H and O–H groups in total. The van der Waals surface area contributed by atoms with Crippen LogP contribution in [0.15, 0.2) is 51.6 Å². The second-order valence-corrected chi connectivity index (χ2v) is 13.1. The summed E-state index contributed by atoms with van der Waals surface area (Å²) in [5.74, 6) is 0.239. The second kappa shape index (κ2) is 12.9. The molecule has 0 radical (unpaired) electrons. The number of sulfonamides is 1. The minimum absolute atomic E-state index is 0.0895. The molecule has 0 fully saturated rings. The van der Waals surface area contributed by atoms with E-state index in [1.807, 2.05) is 63.2 Å². The van der Waals surface area contributed by atoms with E-state index < -0.39 is 16.0 Å². The number of aryl methyl sites for hydroxylation is 2. The Morgan fingerprint density at radius 3 is 2.50 bits per heavy atom. The van der Waals surface area contributed by atoms with Crippen molar-refractivity contribution in [1.29, 1.82) is 0 Å². The maximum Gasteiger partial charge on any atom is 0.344 e. The van der Waals surface area contributed by atoms with Crippen molar-refractivity contribution >= 4 is 49.2 Å². The van der Waals surface area contributed by atoms with Gasteiger partial charge in [0, 0.05) is 27.9 Å². The zero-order valence-corrected chi connectivity index (χ0v) is 24.0. The Kier molecular flexibility index (Phi) is 10.2. The largest absolute Gasteiger partial charge is 0.482 e. The number of nitrogens with zero attached hydrogens (tertiary/aromatic N) is 1. The molecule has 1 atom stereocenters. The molecule has 1 heterocycles. The van der Waals surface area contributed by atoms with Crippen LogP contribution in [0.5, 0.6) is 5.75 Å². The quantitative estimate of drug-likeness (QED) is 0.181. The van der Waals surface area contributed by atoms with Crippen LogP contribution in [-0.4, -0.2) is 50.2 Å². The molecule has 0 saturated carbocycles. The van der Waals surface area contributed by atoms with Gasteiger partial charge in [0.15, 0.2) is 6.61 Å². The molecular formula is C27H35NO5S3. The number of hydrogen-bond acceptors (Lipinski definition) is 7. The predicted octanol–water partition coefficient (Wildman–Crippen LogP) is 6.43. The van der Waals surface area contributed by atoms with Gasteiger partial charge in [-0.1, -0.05) is 32.0 Å². The summed E-state index contributed by atoms with van der Waals surface area (Å²) in [6.07, 6.45) is 1.57. The number of rotatable bonds is 13. The predicted molar refractivity (Wildman–Crippen MR) is 149 cm³/mol. The molecule has 3 aromatic rings. The van der Waals surface area contributed by atoms with Gasteiger partial charge in [0.1, 0.15) is 9.96 Å². The maximum atomic E-state index is 13.8. The lowest BCUT2D eigenvalue weighted by Crippen LogP contribution is -2.37. The first-order valence-electron chi connectivity index (χ1n) is 12.2. The number of esters is 1. The van der Waals surface area contributed by atoms with Crippen LogP contribution >= 0.6 is 23.1 Å². The van der Waals surface area contributed by atoms with Gasteiger partial charge in [0.2, 0.25) is 0 Å². The number of benzene rings is 2. The lowest BCUT2D eigenvalue weighted by atomic mass is 10.2. The van der Waals surface area contributed by atoms with E-state index in [9.17, 15) is 13.2 Å². The zero-order valence-electron chi connectivity index (χ0n) is 21.6. The van der Waals surface area contributed by atoms with Gasteiger partial charge in [-0.05, 0) is 74.4 Å². The minimum atomic E-state index is -3.61.